The van der Waals surface area contributed by atoms with Gasteiger partial charge in [0.05, 0.1) is 0 Å². The van der Waals surface area contributed by atoms with Crippen molar-refractivity contribution in [3.05, 3.63) is 95.7 Å². The standard InChI is InChI=1S/C26H20F4N6O/c27-18-4-6-19(7-5-18)32-25(37)33-21-3-1-2-17-15-36(13-10-20(17)21)23-14-22(26(28,29)30)34-24(35-23)16-8-11-31-12-9-16/h1-9,11-12,14H,10,13,15H2,(H2,32,33,37). The third kappa shape index (κ3) is 5.50. The summed E-state index contributed by atoms with van der Waals surface area (Å²) < 4.78 is 54.0. The van der Waals surface area contributed by atoms with Crippen molar-refractivity contribution >= 4 is 23.2 Å². The lowest BCUT2D eigenvalue weighted by Crippen LogP contribution is -2.32. The molecule has 0 fully saturated rings. The highest BCUT2D eigenvalue weighted by Gasteiger charge is 2.35. The summed E-state index contributed by atoms with van der Waals surface area (Å²) in [6, 6.07) is 14.3. The number of halogens is 4. The van der Waals surface area contributed by atoms with Gasteiger partial charge >= 0.3 is 12.2 Å². The normalized spacial score (nSPS) is 13.1. The lowest BCUT2D eigenvalue weighted by molar-refractivity contribution is -0.141. The Morgan fingerprint density at radius 1 is 0.946 bits per heavy atom. The molecule has 11 heteroatoms. The molecule has 2 N–H and O–H groups in total. The van der Waals surface area contributed by atoms with Crippen molar-refractivity contribution in [3.63, 3.8) is 0 Å². The zero-order valence-corrected chi connectivity index (χ0v) is 19.3. The average molecular weight is 508 g/mol. The highest BCUT2D eigenvalue weighted by Crippen LogP contribution is 2.34. The molecule has 1 aliphatic heterocycles. The van der Waals surface area contributed by atoms with Crippen molar-refractivity contribution in [3.8, 4) is 11.4 Å². The van der Waals surface area contributed by atoms with Crippen molar-refractivity contribution < 1.29 is 22.4 Å². The average Bonchev–Trinajstić information content (AvgIpc) is 2.89. The van der Waals surface area contributed by atoms with Gasteiger partial charge in [-0.15, -0.1) is 0 Å². The van der Waals surface area contributed by atoms with Crippen molar-refractivity contribution in [2.24, 2.45) is 0 Å². The lowest BCUT2D eigenvalue weighted by Gasteiger charge is -2.31. The minimum atomic E-state index is -4.64. The number of amides is 2. The Bertz CT molecular complexity index is 1430. The second-order valence-electron chi connectivity index (χ2n) is 8.37. The molecule has 4 aromatic rings. The van der Waals surface area contributed by atoms with Crippen LogP contribution in [0, 0.1) is 5.82 Å². The van der Waals surface area contributed by atoms with Gasteiger partial charge in [-0.1, -0.05) is 12.1 Å². The van der Waals surface area contributed by atoms with Crippen molar-refractivity contribution in [2.75, 3.05) is 22.1 Å². The van der Waals surface area contributed by atoms with Crippen LogP contribution in [0.5, 0.6) is 0 Å². The largest absolute Gasteiger partial charge is 0.433 e. The van der Waals surface area contributed by atoms with Gasteiger partial charge in [0.1, 0.15) is 11.6 Å². The molecule has 188 valence electrons. The van der Waals surface area contributed by atoms with Crippen LogP contribution in [-0.4, -0.2) is 27.5 Å². The van der Waals surface area contributed by atoms with E-state index in [1.54, 1.807) is 29.2 Å². The summed E-state index contributed by atoms with van der Waals surface area (Å²) in [7, 11) is 0. The number of alkyl halides is 3. The molecule has 2 aromatic heterocycles. The molecule has 1 aliphatic rings. The Kier molecular flexibility index (Phi) is 6.43. The predicted octanol–water partition coefficient (Wildman–Crippen LogP) is 5.90. The SMILES string of the molecule is O=C(Nc1ccc(F)cc1)Nc1cccc2c1CCN(c1cc(C(F)(F)F)nc(-c3ccncc3)n1)C2. The number of benzene rings is 2. The highest BCUT2D eigenvalue weighted by molar-refractivity contribution is 6.00. The van der Waals surface area contributed by atoms with E-state index >= 15 is 0 Å². The maximum Gasteiger partial charge on any atom is 0.433 e. The van der Waals surface area contributed by atoms with E-state index in [0.717, 1.165) is 17.2 Å². The number of carbonyl (C=O) groups excluding carboxylic acids is 1. The van der Waals surface area contributed by atoms with Gasteiger partial charge in [0.2, 0.25) is 0 Å². The number of hydrogen-bond acceptors (Lipinski definition) is 5. The zero-order chi connectivity index (χ0) is 26.0. The number of rotatable bonds is 4. The summed E-state index contributed by atoms with van der Waals surface area (Å²) in [6.45, 7) is 0.684. The van der Waals surface area contributed by atoms with Crippen LogP contribution in [0.3, 0.4) is 0 Å². The number of anilines is 3. The van der Waals surface area contributed by atoms with Gasteiger partial charge < -0.3 is 15.5 Å². The Hall–Kier alpha value is -4.54. The van der Waals surface area contributed by atoms with Crippen LogP contribution < -0.4 is 15.5 Å². The molecule has 0 atom stereocenters. The van der Waals surface area contributed by atoms with E-state index < -0.39 is 23.7 Å². The minimum absolute atomic E-state index is 0.0362. The Balaban J connectivity index is 1.38. The van der Waals surface area contributed by atoms with E-state index in [4.69, 9.17) is 0 Å². The Morgan fingerprint density at radius 3 is 2.43 bits per heavy atom. The molecule has 2 amide bonds. The molecule has 0 aliphatic carbocycles. The summed E-state index contributed by atoms with van der Waals surface area (Å²) in [5.74, 6) is -0.287. The smallest absolute Gasteiger partial charge is 0.352 e. The lowest BCUT2D eigenvalue weighted by atomic mass is 9.97. The summed E-state index contributed by atoms with van der Waals surface area (Å²) in [4.78, 5) is 26.3. The summed E-state index contributed by atoms with van der Waals surface area (Å²) in [5, 5.41) is 5.45. The van der Waals surface area contributed by atoms with Gasteiger partial charge in [-0.05, 0) is 60.0 Å². The van der Waals surface area contributed by atoms with Crippen LogP contribution in [0.15, 0.2) is 73.1 Å². The predicted molar refractivity (Wildman–Crippen MR) is 131 cm³/mol. The van der Waals surface area contributed by atoms with Crippen LogP contribution in [0.1, 0.15) is 16.8 Å². The number of nitrogens with zero attached hydrogens (tertiary/aromatic N) is 4. The molecule has 7 nitrogen and oxygen atoms in total. The third-order valence-electron chi connectivity index (χ3n) is 5.88. The first kappa shape index (κ1) is 24.2. The molecule has 3 heterocycles. The second kappa shape index (κ2) is 9.84. The van der Waals surface area contributed by atoms with Crippen molar-refractivity contribution in [2.45, 2.75) is 19.1 Å². The number of aromatic nitrogens is 3. The van der Waals surface area contributed by atoms with E-state index in [9.17, 15) is 22.4 Å². The number of nitrogens with one attached hydrogen (secondary N) is 2. The van der Waals surface area contributed by atoms with E-state index in [0.29, 0.717) is 36.4 Å². The number of urea groups is 1. The second-order valence-corrected chi connectivity index (χ2v) is 8.37. The van der Waals surface area contributed by atoms with Crippen LogP contribution in [0.2, 0.25) is 0 Å². The van der Waals surface area contributed by atoms with Gasteiger partial charge in [-0.25, -0.2) is 19.2 Å². The Morgan fingerprint density at radius 2 is 1.70 bits per heavy atom. The van der Waals surface area contributed by atoms with Crippen molar-refractivity contribution in [1.29, 1.82) is 0 Å². The molecule has 0 radical (unpaired) electrons. The topological polar surface area (TPSA) is 83.0 Å². The quantitative estimate of drug-likeness (QED) is 0.335. The fourth-order valence-corrected chi connectivity index (χ4v) is 4.11. The van der Waals surface area contributed by atoms with E-state index in [-0.39, 0.29) is 11.6 Å². The van der Waals surface area contributed by atoms with Crippen LogP contribution in [-0.2, 0) is 19.1 Å². The monoisotopic (exact) mass is 508 g/mol. The first-order valence-corrected chi connectivity index (χ1v) is 11.3. The molecule has 0 bridgehead atoms. The fourth-order valence-electron chi connectivity index (χ4n) is 4.11. The maximum absolute atomic E-state index is 13.6. The molecule has 0 unspecified atom stereocenters. The van der Waals surface area contributed by atoms with Crippen LogP contribution in [0.4, 0.5) is 39.5 Å². The molecule has 37 heavy (non-hydrogen) atoms. The van der Waals surface area contributed by atoms with Gasteiger partial charge in [-0.3, -0.25) is 4.98 Å². The number of hydrogen-bond donors (Lipinski definition) is 2. The van der Waals surface area contributed by atoms with Crippen molar-refractivity contribution in [1.82, 2.24) is 15.0 Å². The Labute approximate surface area is 209 Å². The van der Waals surface area contributed by atoms with E-state index in [1.165, 1.54) is 36.7 Å². The minimum Gasteiger partial charge on any atom is -0.352 e. The maximum atomic E-state index is 13.6. The third-order valence-corrected chi connectivity index (χ3v) is 5.88. The van der Waals surface area contributed by atoms with Gasteiger partial charge in [-0.2, -0.15) is 13.2 Å². The summed E-state index contributed by atoms with van der Waals surface area (Å²) in [6.07, 6.45) is -1.23. The zero-order valence-electron chi connectivity index (χ0n) is 19.3. The first-order valence-electron chi connectivity index (χ1n) is 11.3. The van der Waals surface area contributed by atoms with Gasteiger partial charge in [0, 0.05) is 48.5 Å². The fraction of sp³-hybridized carbons (Fsp3) is 0.154. The number of fused-ring (bicyclic) bond motifs is 1. The molecule has 0 saturated heterocycles. The molecular formula is C26H20F4N6O. The van der Waals surface area contributed by atoms with Crippen LogP contribution >= 0.6 is 0 Å². The number of pyridine rings is 1. The molecule has 2 aromatic carbocycles. The molecule has 5 rings (SSSR count). The summed E-state index contributed by atoms with van der Waals surface area (Å²) >= 11 is 0. The molecule has 0 saturated carbocycles. The molecule has 0 spiro atoms. The molecular weight excluding hydrogens is 488 g/mol. The van der Waals surface area contributed by atoms with Gasteiger partial charge in [0.15, 0.2) is 11.5 Å². The summed E-state index contributed by atoms with van der Waals surface area (Å²) in [5.41, 5.74) is 2.16. The van der Waals surface area contributed by atoms with Gasteiger partial charge in [0.25, 0.3) is 0 Å². The van der Waals surface area contributed by atoms with E-state index in [2.05, 4.69) is 25.6 Å². The first-order chi connectivity index (χ1) is 17.8. The number of carbonyl (C=O) groups is 1. The van der Waals surface area contributed by atoms with Crippen LogP contribution in [0.25, 0.3) is 11.4 Å². The van der Waals surface area contributed by atoms with E-state index in [1.807, 2.05) is 6.07 Å². The highest BCUT2D eigenvalue weighted by atomic mass is 19.4.